The summed E-state index contributed by atoms with van der Waals surface area (Å²) in [6, 6.07) is 13.2. The van der Waals surface area contributed by atoms with Crippen LogP contribution in [0.25, 0.3) is 5.65 Å². The number of ether oxygens (including phenoxy) is 1. The minimum Gasteiger partial charge on any atom is -0.487 e. The summed E-state index contributed by atoms with van der Waals surface area (Å²) in [7, 11) is 0. The summed E-state index contributed by atoms with van der Waals surface area (Å²) in [5, 5.41) is 6.21. The Labute approximate surface area is 152 Å². The Hall–Kier alpha value is -2.86. The molecule has 0 unspecified atom stereocenters. The van der Waals surface area contributed by atoms with Crippen LogP contribution in [-0.2, 0) is 11.4 Å². The van der Waals surface area contributed by atoms with Gasteiger partial charge in [0.15, 0.2) is 0 Å². The first-order chi connectivity index (χ1) is 12.8. The number of piperidine rings is 1. The third kappa shape index (κ3) is 3.86. The fraction of sp³-hybridized carbons (Fsp3) is 0.300. The molecular formula is C20H22N4O2. The van der Waals surface area contributed by atoms with Gasteiger partial charge in [-0.1, -0.05) is 12.5 Å². The van der Waals surface area contributed by atoms with Crippen molar-refractivity contribution in [3.63, 3.8) is 0 Å². The van der Waals surface area contributed by atoms with Gasteiger partial charge in [-0.25, -0.2) is 4.98 Å². The van der Waals surface area contributed by atoms with Gasteiger partial charge in [0.05, 0.1) is 11.7 Å². The number of rotatable bonds is 5. The van der Waals surface area contributed by atoms with Crippen molar-refractivity contribution in [2.24, 2.45) is 0 Å². The van der Waals surface area contributed by atoms with Crippen molar-refractivity contribution in [2.45, 2.75) is 31.9 Å². The number of hydrogen-bond donors (Lipinski definition) is 2. The molecule has 0 bridgehead atoms. The lowest BCUT2D eigenvalue weighted by Gasteiger charge is -2.22. The van der Waals surface area contributed by atoms with Crippen LogP contribution < -0.4 is 15.4 Å². The highest BCUT2D eigenvalue weighted by molar-refractivity contribution is 5.94. The zero-order chi connectivity index (χ0) is 17.8. The van der Waals surface area contributed by atoms with Gasteiger partial charge in [0.25, 0.3) is 0 Å². The van der Waals surface area contributed by atoms with Crippen LogP contribution in [0.5, 0.6) is 5.75 Å². The average Bonchev–Trinajstić information content (AvgIpc) is 3.11. The van der Waals surface area contributed by atoms with Gasteiger partial charge in [0.1, 0.15) is 18.0 Å². The first-order valence-corrected chi connectivity index (χ1v) is 8.98. The minimum absolute atomic E-state index is 0.0306. The SMILES string of the molecule is O=C(Nc1ccc(OCc2cn3ccccc3n2)cc1)[C@H]1CCCCN1. The molecule has 3 heterocycles. The Morgan fingerprint density at radius 1 is 1.23 bits per heavy atom. The molecule has 1 aliphatic rings. The van der Waals surface area contributed by atoms with Crippen molar-refractivity contribution in [3.8, 4) is 5.75 Å². The summed E-state index contributed by atoms with van der Waals surface area (Å²) in [6.07, 6.45) is 7.06. The summed E-state index contributed by atoms with van der Waals surface area (Å²) < 4.78 is 7.77. The largest absolute Gasteiger partial charge is 0.487 e. The third-order valence-corrected chi connectivity index (χ3v) is 4.55. The second-order valence-electron chi connectivity index (χ2n) is 6.50. The van der Waals surface area contributed by atoms with Gasteiger partial charge < -0.3 is 19.8 Å². The van der Waals surface area contributed by atoms with Crippen molar-refractivity contribution in [2.75, 3.05) is 11.9 Å². The maximum absolute atomic E-state index is 12.2. The highest BCUT2D eigenvalue weighted by atomic mass is 16.5. The quantitative estimate of drug-likeness (QED) is 0.742. The number of fused-ring (bicyclic) bond motifs is 1. The van der Waals surface area contributed by atoms with Gasteiger partial charge in [0.2, 0.25) is 5.91 Å². The second kappa shape index (κ2) is 7.58. The molecular weight excluding hydrogens is 328 g/mol. The van der Waals surface area contributed by atoms with Crippen LogP contribution in [0.1, 0.15) is 25.0 Å². The van der Waals surface area contributed by atoms with Crippen molar-refractivity contribution < 1.29 is 9.53 Å². The lowest BCUT2D eigenvalue weighted by atomic mass is 10.0. The van der Waals surface area contributed by atoms with Crippen LogP contribution in [0, 0.1) is 0 Å². The molecule has 3 aromatic rings. The van der Waals surface area contributed by atoms with E-state index in [1.807, 2.05) is 59.3 Å². The number of hydrogen-bond acceptors (Lipinski definition) is 4. The Bertz CT molecular complexity index is 849. The summed E-state index contributed by atoms with van der Waals surface area (Å²) in [6.45, 7) is 1.31. The molecule has 2 N–H and O–H groups in total. The number of aromatic nitrogens is 2. The summed E-state index contributed by atoms with van der Waals surface area (Å²) in [5.41, 5.74) is 2.56. The molecule has 1 amide bonds. The monoisotopic (exact) mass is 350 g/mol. The predicted octanol–water partition coefficient (Wildman–Crippen LogP) is 2.99. The van der Waals surface area contributed by atoms with Crippen LogP contribution in [0.2, 0.25) is 0 Å². The minimum atomic E-state index is -0.0882. The van der Waals surface area contributed by atoms with E-state index in [0.29, 0.717) is 6.61 Å². The van der Waals surface area contributed by atoms with E-state index in [1.165, 1.54) is 0 Å². The van der Waals surface area contributed by atoms with Crippen molar-refractivity contribution in [1.29, 1.82) is 0 Å². The Kier molecular flexibility index (Phi) is 4.84. The summed E-state index contributed by atoms with van der Waals surface area (Å²) >= 11 is 0. The number of carbonyl (C=O) groups excluding carboxylic acids is 1. The van der Waals surface area contributed by atoms with Crippen molar-refractivity contribution in [1.82, 2.24) is 14.7 Å². The molecule has 1 atom stereocenters. The lowest BCUT2D eigenvalue weighted by Crippen LogP contribution is -2.43. The number of amides is 1. The van der Waals surface area contributed by atoms with Gasteiger partial charge in [-0.2, -0.15) is 0 Å². The van der Waals surface area contributed by atoms with Gasteiger partial charge in [-0.05, 0) is 55.8 Å². The van der Waals surface area contributed by atoms with E-state index >= 15 is 0 Å². The molecule has 0 saturated carbocycles. The smallest absolute Gasteiger partial charge is 0.241 e. The molecule has 26 heavy (non-hydrogen) atoms. The van der Waals surface area contributed by atoms with Gasteiger partial charge in [-0.3, -0.25) is 4.79 Å². The van der Waals surface area contributed by atoms with Crippen LogP contribution in [-0.4, -0.2) is 27.9 Å². The molecule has 1 fully saturated rings. The highest BCUT2D eigenvalue weighted by Crippen LogP contribution is 2.18. The van der Waals surface area contributed by atoms with Crippen molar-refractivity contribution in [3.05, 3.63) is 60.6 Å². The van der Waals surface area contributed by atoms with Crippen LogP contribution in [0.3, 0.4) is 0 Å². The van der Waals surface area contributed by atoms with Gasteiger partial charge in [-0.15, -0.1) is 0 Å². The Morgan fingerprint density at radius 3 is 2.88 bits per heavy atom. The Morgan fingerprint density at radius 2 is 2.12 bits per heavy atom. The molecule has 0 radical (unpaired) electrons. The zero-order valence-electron chi connectivity index (χ0n) is 14.5. The maximum Gasteiger partial charge on any atom is 0.241 e. The molecule has 1 aliphatic heterocycles. The van der Waals surface area contributed by atoms with Gasteiger partial charge >= 0.3 is 0 Å². The van der Waals surface area contributed by atoms with E-state index in [2.05, 4.69) is 15.6 Å². The van der Waals surface area contributed by atoms with Crippen LogP contribution in [0.4, 0.5) is 5.69 Å². The first-order valence-electron chi connectivity index (χ1n) is 8.98. The number of pyridine rings is 1. The van der Waals surface area contributed by atoms with E-state index in [-0.39, 0.29) is 11.9 Å². The summed E-state index contributed by atoms with van der Waals surface area (Å²) in [4.78, 5) is 16.7. The molecule has 1 saturated heterocycles. The van der Waals surface area contributed by atoms with Crippen molar-refractivity contribution >= 4 is 17.2 Å². The molecule has 134 valence electrons. The van der Waals surface area contributed by atoms with E-state index in [1.54, 1.807) is 0 Å². The molecule has 6 nitrogen and oxygen atoms in total. The topological polar surface area (TPSA) is 67.7 Å². The molecule has 0 spiro atoms. The second-order valence-corrected chi connectivity index (χ2v) is 6.50. The number of imidazole rings is 1. The number of nitrogens with zero attached hydrogens (tertiary/aromatic N) is 2. The number of carbonyl (C=O) groups is 1. The number of anilines is 1. The lowest BCUT2D eigenvalue weighted by molar-refractivity contribution is -0.118. The standard InChI is InChI=1S/C20H22N4O2/c25-20(18-5-1-3-11-21-18)23-15-7-9-17(10-8-15)26-14-16-13-24-12-4-2-6-19(24)22-16/h2,4,6-10,12-13,18,21H,1,3,5,11,14H2,(H,23,25)/t18-/m1/s1. The fourth-order valence-electron chi connectivity index (χ4n) is 3.15. The Balaban J connectivity index is 1.33. The predicted molar refractivity (Wildman–Crippen MR) is 100 cm³/mol. The maximum atomic E-state index is 12.2. The molecule has 4 rings (SSSR count). The molecule has 2 aromatic heterocycles. The zero-order valence-corrected chi connectivity index (χ0v) is 14.5. The first kappa shape index (κ1) is 16.6. The number of nitrogens with one attached hydrogen (secondary N) is 2. The summed E-state index contributed by atoms with van der Waals surface area (Å²) in [5.74, 6) is 0.777. The van der Waals surface area contributed by atoms with Crippen LogP contribution in [0.15, 0.2) is 54.9 Å². The number of benzene rings is 1. The van der Waals surface area contributed by atoms with E-state index in [4.69, 9.17) is 4.74 Å². The normalized spacial score (nSPS) is 17.2. The molecule has 6 heteroatoms. The third-order valence-electron chi connectivity index (χ3n) is 4.55. The fourth-order valence-corrected chi connectivity index (χ4v) is 3.15. The van der Waals surface area contributed by atoms with E-state index in [0.717, 1.165) is 48.6 Å². The van der Waals surface area contributed by atoms with E-state index in [9.17, 15) is 4.79 Å². The molecule has 0 aliphatic carbocycles. The molecule has 1 aromatic carbocycles. The van der Waals surface area contributed by atoms with Gasteiger partial charge in [0, 0.05) is 18.1 Å². The highest BCUT2D eigenvalue weighted by Gasteiger charge is 2.20. The van der Waals surface area contributed by atoms with E-state index < -0.39 is 0 Å². The average molecular weight is 350 g/mol. The van der Waals surface area contributed by atoms with Crippen LogP contribution >= 0.6 is 0 Å².